The molecule has 60 valence electrons. The molecule has 3 heteroatoms. The number of hydrogen-bond acceptors (Lipinski definition) is 0. The highest BCUT2D eigenvalue weighted by Gasteiger charge is 1.99. The monoisotopic (exact) mass is 296 g/mol. The summed E-state index contributed by atoms with van der Waals surface area (Å²) in [6.45, 7) is 0. The maximum absolute atomic E-state index is 5.82. The van der Waals surface area contributed by atoms with E-state index in [2.05, 4.69) is 31.9 Å². The highest BCUT2D eigenvalue weighted by Crippen LogP contribution is 2.20. The van der Waals surface area contributed by atoms with Crippen LogP contribution in [0.2, 0.25) is 5.02 Å². The minimum atomic E-state index is 0.796. The van der Waals surface area contributed by atoms with E-state index in [1.165, 1.54) is 11.1 Å². The molecule has 0 aliphatic carbocycles. The van der Waals surface area contributed by atoms with Crippen molar-refractivity contribution in [3.8, 4) is 0 Å². The molecule has 0 fully saturated rings. The van der Waals surface area contributed by atoms with E-state index in [0.717, 1.165) is 15.7 Å². The van der Waals surface area contributed by atoms with Crippen LogP contribution in [0.25, 0.3) is 0 Å². The number of halogens is 3. The highest BCUT2D eigenvalue weighted by atomic mass is 79.9. The Labute approximate surface area is 88.2 Å². The first-order valence-electron chi connectivity index (χ1n) is 3.17. The third-order valence-corrected chi connectivity index (χ3v) is 2.90. The van der Waals surface area contributed by atoms with Gasteiger partial charge in [-0.15, -0.1) is 0 Å². The third-order valence-electron chi connectivity index (χ3n) is 1.46. The molecule has 0 radical (unpaired) electrons. The van der Waals surface area contributed by atoms with E-state index in [1.807, 2.05) is 18.2 Å². The Morgan fingerprint density at radius 1 is 1.09 bits per heavy atom. The minimum absolute atomic E-state index is 0.796. The molecule has 0 aromatic heterocycles. The summed E-state index contributed by atoms with van der Waals surface area (Å²) in [7, 11) is 0. The molecule has 1 aromatic carbocycles. The summed E-state index contributed by atoms with van der Waals surface area (Å²) < 4.78 is 0. The molecule has 0 saturated heterocycles. The van der Waals surface area contributed by atoms with Crippen LogP contribution in [0, 0.1) is 0 Å². The Balaban J connectivity index is 3.06. The zero-order valence-electron chi connectivity index (χ0n) is 5.78. The molecular formula is C8H7Br2Cl. The molecule has 0 bridgehead atoms. The van der Waals surface area contributed by atoms with Crippen molar-refractivity contribution >= 4 is 43.5 Å². The molecule has 0 N–H and O–H groups in total. The van der Waals surface area contributed by atoms with Crippen molar-refractivity contribution in [1.29, 1.82) is 0 Å². The van der Waals surface area contributed by atoms with Crippen molar-refractivity contribution in [2.75, 3.05) is 0 Å². The van der Waals surface area contributed by atoms with E-state index in [-0.39, 0.29) is 0 Å². The van der Waals surface area contributed by atoms with Crippen LogP contribution in [0.1, 0.15) is 11.1 Å². The second-order valence-corrected chi connectivity index (χ2v) is 3.74. The van der Waals surface area contributed by atoms with Gasteiger partial charge in [0.1, 0.15) is 0 Å². The molecule has 11 heavy (non-hydrogen) atoms. The maximum atomic E-state index is 5.82. The molecule has 1 rings (SSSR count). The number of benzene rings is 1. The van der Waals surface area contributed by atoms with Crippen LogP contribution >= 0.6 is 43.5 Å². The van der Waals surface area contributed by atoms with Crippen molar-refractivity contribution in [1.82, 2.24) is 0 Å². The predicted molar refractivity (Wildman–Crippen MR) is 56.7 cm³/mol. The Morgan fingerprint density at radius 3 is 2.27 bits per heavy atom. The molecule has 1 aromatic rings. The summed E-state index contributed by atoms with van der Waals surface area (Å²) in [5.41, 5.74) is 2.53. The lowest BCUT2D eigenvalue weighted by Crippen LogP contribution is -1.86. The lowest BCUT2D eigenvalue weighted by molar-refractivity contribution is 1.30. The molecule has 0 saturated carbocycles. The van der Waals surface area contributed by atoms with Gasteiger partial charge in [0.25, 0.3) is 0 Å². The van der Waals surface area contributed by atoms with Gasteiger partial charge in [0.2, 0.25) is 0 Å². The van der Waals surface area contributed by atoms with Gasteiger partial charge in [-0.1, -0.05) is 49.5 Å². The van der Waals surface area contributed by atoms with E-state index in [0.29, 0.717) is 0 Å². The first kappa shape index (κ1) is 9.56. The lowest BCUT2D eigenvalue weighted by Gasteiger charge is -2.03. The van der Waals surface area contributed by atoms with Crippen molar-refractivity contribution in [3.05, 3.63) is 34.3 Å². The van der Waals surface area contributed by atoms with E-state index >= 15 is 0 Å². The van der Waals surface area contributed by atoms with Crippen LogP contribution in [0.15, 0.2) is 18.2 Å². The van der Waals surface area contributed by atoms with Crippen LogP contribution < -0.4 is 0 Å². The van der Waals surface area contributed by atoms with E-state index < -0.39 is 0 Å². The average molecular weight is 298 g/mol. The molecule has 0 unspecified atom stereocenters. The van der Waals surface area contributed by atoms with Gasteiger partial charge in [0.05, 0.1) is 0 Å². The molecular weight excluding hydrogens is 291 g/mol. The quantitative estimate of drug-likeness (QED) is 0.720. The molecule has 0 amide bonds. The lowest BCUT2D eigenvalue weighted by atomic mass is 10.1. The second-order valence-electron chi connectivity index (χ2n) is 2.18. The standard InChI is InChI=1S/C8H7Br2Cl/c9-4-6-1-2-8(11)3-7(6)5-10/h1-3H,4-5H2. The van der Waals surface area contributed by atoms with Gasteiger partial charge < -0.3 is 0 Å². The first-order chi connectivity index (χ1) is 5.27. The van der Waals surface area contributed by atoms with Crippen molar-refractivity contribution in [2.24, 2.45) is 0 Å². The van der Waals surface area contributed by atoms with Crippen LogP contribution in [0.3, 0.4) is 0 Å². The predicted octanol–water partition coefficient (Wildman–Crippen LogP) is 4.13. The van der Waals surface area contributed by atoms with Crippen molar-refractivity contribution in [3.63, 3.8) is 0 Å². The van der Waals surface area contributed by atoms with Gasteiger partial charge in [-0.25, -0.2) is 0 Å². The Morgan fingerprint density at radius 2 is 1.73 bits per heavy atom. The third kappa shape index (κ3) is 2.46. The van der Waals surface area contributed by atoms with Gasteiger partial charge >= 0.3 is 0 Å². The Hall–Kier alpha value is 0.470. The van der Waals surface area contributed by atoms with E-state index in [4.69, 9.17) is 11.6 Å². The zero-order chi connectivity index (χ0) is 8.27. The Bertz CT molecular complexity index is 248. The average Bonchev–Trinajstić information content (AvgIpc) is 2.04. The molecule has 0 aliphatic rings. The molecule has 0 aliphatic heterocycles. The number of alkyl halides is 2. The second kappa shape index (κ2) is 4.48. The smallest absolute Gasteiger partial charge is 0.0409 e. The highest BCUT2D eigenvalue weighted by molar-refractivity contribution is 9.09. The van der Waals surface area contributed by atoms with Gasteiger partial charge in [-0.05, 0) is 23.3 Å². The van der Waals surface area contributed by atoms with Crippen molar-refractivity contribution < 1.29 is 0 Å². The first-order valence-corrected chi connectivity index (χ1v) is 5.79. The SMILES string of the molecule is Clc1ccc(CBr)c(CBr)c1. The fourth-order valence-electron chi connectivity index (χ4n) is 0.849. The van der Waals surface area contributed by atoms with Crippen LogP contribution in [0.5, 0.6) is 0 Å². The summed E-state index contributed by atoms with van der Waals surface area (Å²) in [5.74, 6) is 0. The summed E-state index contributed by atoms with van der Waals surface area (Å²) in [6, 6.07) is 5.92. The van der Waals surface area contributed by atoms with Crippen molar-refractivity contribution in [2.45, 2.75) is 10.7 Å². The Kier molecular flexibility index (Phi) is 3.90. The van der Waals surface area contributed by atoms with Gasteiger partial charge in [-0.2, -0.15) is 0 Å². The molecule has 0 heterocycles. The largest absolute Gasteiger partial charge is 0.0876 e. The van der Waals surface area contributed by atoms with Gasteiger partial charge in [0.15, 0.2) is 0 Å². The molecule has 0 spiro atoms. The zero-order valence-corrected chi connectivity index (χ0v) is 9.71. The maximum Gasteiger partial charge on any atom is 0.0409 e. The number of rotatable bonds is 2. The molecule has 0 atom stereocenters. The van der Waals surface area contributed by atoms with E-state index in [9.17, 15) is 0 Å². The van der Waals surface area contributed by atoms with Gasteiger partial charge in [0, 0.05) is 15.7 Å². The minimum Gasteiger partial charge on any atom is -0.0876 e. The van der Waals surface area contributed by atoms with Crippen LogP contribution in [0.4, 0.5) is 0 Å². The normalized spacial score (nSPS) is 10.1. The van der Waals surface area contributed by atoms with E-state index in [1.54, 1.807) is 0 Å². The van der Waals surface area contributed by atoms with Gasteiger partial charge in [-0.3, -0.25) is 0 Å². The summed E-state index contributed by atoms with van der Waals surface area (Å²) in [5, 5.41) is 2.53. The summed E-state index contributed by atoms with van der Waals surface area (Å²) in [6.07, 6.45) is 0. The van der Waals surface area contributed by atoms with Crippen LogP contribution in [-0.2, 0) is 10.7 Å². The summed E-state index contributed by atoms with van der Waals surface area (Å²) in [4.78, 5) is 0. The fourth-order valence-corrected chi connectivity index (χ4v) is 2.11. The van der Waals surface area contributed by atoms with Crippen LogP contribution in [-0.4, -0.2) is 0 Å². The summed E-state index contributed by atoms with van der Waals surface area (Å²) >= 11 is 12.6. The number of hydrogen-bond donors (Lipinski definition) is 0. The molecule has 0 nitrogen and oxygen atoms in total. The topological polar surface area (TPSA) is 0 Å². The fraction of sp³-hybridized carbons (Fsp3) is 0.250.